The van der Waals surface area contributed by atoms with Gasteiger partial charge in [-0.2, -0.15) is 0 Å². The molecule has 0 amide bonds. The summed E-state index contributed by atoms with van der Waals surface area (Å²) in [4.78, 5) is 0. The minimum absolute atomic E-state index is 0.160. The molecule has 0 bridgehead atoms. The van der Waals surface area contributed by atoms with E-state index in [-0.39, 0.29) is 18.6 Å². The molecule has 0 saturated carbocycles. The molecule has 2 atom stereocenters. The summed E-state index contributed by atoms with van der Waals surface area (Å²) in [6.45, 7) is 6.72. The van der Waals surface area contributed by atoms with Crippen LogP contribution in [0.2, 0.25) is 0 Å². The first kappa shape index (κ1) is 10.9. The lowest BCUT2D eigenvalue weighted by molar-refractivity contribution is -0.337. The molecule has 0 spiro atoms. The molecule has 1 fully saturated rings. The van der Waals surface area contributed by atoms with Gasteiger partial charge in [0, 0.05) is 13.2 Å². The van der Waals surface area contributed by atoms with Crippen molar-refractivity contribution in [1.29, 1.82) is 0 Å². The van der Waals surface area contributed by atoms with Crippen LogP contribution >= 0.6 is 0 Å². The molecule has 0 unspecified atom stereocenters. The first-order valence-corrected chi connectivity index (χ1v) is 4.67. The lowest BCUT2D eigenvalue weighted by Crippen LogP contribution is -2.54. The molecular formula is C9H19NO3. The molecule has 1 aliphatic rings. The Morgan fingerprint density at radius 2 is 1.92 bits per heavy atom. The van der Waals surface area contributed by atoms with E-state index in [9.17, 15) is 0 Å². The molecule has 1 N–H and O–H groups in total. The Labute approximate surface area is 79.5 Å². The Hall–Kier alpha value is -0.160. The highest BCUT2D eigenvalue weighted by Gasteiger charge is 2.27. The van der Waals surface area contributed by atoms with Gasteiger partial charge in [-0.15, -0.1) is 0 Å². The monoisotopic (exact) mass is 189 g/mol. The van der Waals surface area contributed by atoms with Crippen molar-refractivity contribution in [3.8, 4) is 0 Å². The molecule has 0 aromatic rings. The van der Waals surface area contributed by atoms with Gasteiger partial charge in [0.2, 0.25) is 6.41 Å². The Balaban J connectivity index is 2.36. The third-order valence-electron chi connectivity index (χ3n) is 2.36. The molecule has 0 aromatic heterocycles. The lowest BCUT2D eigenvalue weighted by Gasteiger charge is -2.35. The maximum absolute atomic E-state index is 5.27. The van der Waals surface area contributed by atoms with Crippen molar-refractivity contribution in [1.82, 2.24) is 5.32 Å². The third kappa shape index (κ3) is 2.91. The zero-order valence-corrected chi connectivity index (χ0v) is 8.74. The molecular weight excluding hydrogens is 170 g/mol. The fourth-order valence-corrected chi connectivity index (χ4v) is 1.41. The number of nitrogens with one attached hydrogen (secondary N) is 1. The van der Waals surface area contributed by atoms with E-state index in [1.807, 2.05) is 6.92 Å². The third-order valence-corrected chi connectivity index (χ3v) is 2.36. The molecule has 4 nitrogen and oxygen atoms in total. The highest BCUT2D eigenvalue weighted by Crippen LogP contribution is 2.13. The first-order chi connectivity index (χ1) is 6.15. The Morgan fingerprint density at radius 1 is 1.31 bits per heavy atom. The van der Waals surface area contributed by atoms with E-state index in [2.05, 4.69) is 19.2 Å². The van der Waals surface area contributed by atoms with Crippen LogP contribution in [0.5, 0.6) is 0 Å². The number of hydrogen-bond donors (Lipinski definition) is 1. The van der Waals surface area contributed by atoms with E-state index in [0.717, 1.165) is 0 Å². The van der Waals surface area contributed by atoms with Crippen LogP contribution in [-0.4, -0.2) is 32.5 Å². The van der Waals surface area contributed by atoms with Crippen molar-refractivity contribution >= 4 is 0 Å². The molecule has 1 heterocycles. The number of methoxy groups -OCH3 is 1. The van der Waals surface area contributed by atoms with E-state index in [1.54, 1.807) is 7.11 Å². The van der Waals surface area contributed by atoms with Crippen molar-refractivity contribution < 1.29 is 14.2 Å². The smallest absolute Gasteiger partial charge is 0.220 e. The fourth-order valence-electron chi connectivity index (χ4n) is 1.41. The lowest BCUT2D eigenvalue weighted by atomic mass is 10.00. The van der Waals surface area contributed by atoms with E-state index in [0.29, 0.717) is 12.7 Å². The molecule has 1 aliphatic heterocycles. The highest BCUT2D eigenvalue weighted by atomic mass is 16.9. The Bertz CT molecular complexity index is 148. The largest absolute Gasteiger partial charge is 0.380 e. The summed E-state index contributed by atoms with van der Waals surface area (Å²) in [5, 5.41) is 3.23. The summed E-state index contributed by atoms with van der Waals surface area (Å²) in [5.41, 5.74) is 0. The quantitative estimate of drug-likeness (QED) is 0.698. The summed E-state index contributed by atoms with van der Waals surface area (Å²) >= 11 is 0. The van der Waals surface area contributed by atoms with Crippen LogP contribution in [0.3, 0.4) is 0 Å². The van der Waals surface area contributed by atoms with Crippen LogP contribution in [0.1, 0.15) is 20.8 Å². The van der Waals surface area contributed by atoms with Crippen LogP contribution in [0, 0.1) is 5.92 Å². The number of ether oxygens (including phenoxy) is 3. The summed E-state index contributed by atoms with van der Waals surface area (Å²) in [5.74, 6) is 0.489. The average Bonchev–Trinajstić information content (AvgIpc) is 2.00. The van der Waals surface area contributed by atoms with Gasteiger partial charge in [0.15, 0.2) is 6.79 Å². The van der Waals surface area contributed by atoms with Crippen molar-refractivity contribution in [2.75, 3.05) is 13.9 Å². The van der Waals surface area contributed by atoms with Crippen molar-refractivity contribution in [3.63, 3.8) is 0 Å². The van der Waals surface area contributed by atoms with Gasteiger partial charge in [0.1, 0.15) is 0 Å². The molecule has 0 aromatic carbocycles. The molecule has 1 rings (SSSR count). The van der Waals surface area contributed by atoms with E-state index in [1.165, 1.54) is 0 Å². The van der Waals surface area contributed by atoms with Crippen LogP contribution in [0.4, 0.5) is 0 Å². The number of hydrogen-bond acceptors (Lipinski definition) is 4. The second-order valence-electron chi connectivity index (χ2n) is 3.66. The molecule has 78 valence electrons. The molecule has 0 radical (unpaired) electrons. The normalized spacial score (nSPS) is 22.8. The van der Waals surface area contributed by atoms with Gasteiger partial charge >= 0.3 is 0 Å². The van der Waals surface area contributed by atoms with Gasteiger partial charge in [0.25, 0.3) is 0 Å². The molecule has 0 aliphatic carbocycles. The topological polar surface area (TPSA) is 39.7 Å². The Kier molecular flexibility index (Phi) is 4.12. The Morgan fingerprint density at radius 3 is 2.23 bits per heavy atom. The van der Waals surface area contributed by atoms with Gasteiger partial charge in [-0.3, -0.25) is 5.32 Å². The van der Waals surface area contributed by atoms with Gasteiger partial charge in [-0.05, 0) is 12.8 Å². The van der Waals surface area contributed by atoms with E-state index < -0.39 is 0 Å². The van der Waals surface area contributed by atoms with Crippen molar-refractivity contribution in [2.24, 2.45) is 5.92 Å². The number of rotatable bonds is 5. The van der Waals surface area contributed by atoms with Crippen molar-refractivity contribution in [3.05, 3.63) is 0 Å². The minimum atomic E-state index is -0.245. The van der Waals surface area contributed by atoms with Gasteiger partial charge in [-0.1, -0.05) is 13.8 Å². The van der Waals surface area contributed by atoms with Gasteiger partial charge < -0.3 is 14.2 Å². The molecule has 1 saturated heterocycles. The summed E-state index contributed by atoms with van der Waals surface area (Å²) in [6.07, 6.45) is -0.0854. The highest BCUT2D eigenvalue weighted by molar-refractivity contribution is 4.77. The predicted molar refractivity (Wildman–Crippen MR) is 49.1 cm³/mol. The molecule has 4 heteroatoms. The fraction of sp³-hybridized carbons (Fsp3) is 1.00. The second kappa shape index (κ2) is 4.91. The van der Waals surface area contributed by atoms with Crippen LogP contribution in [0.15, 0.2) is 0 Å². The van der Waals surface area contributed by atoms with Crippen LogP contribution in [-0.2, 0) is 14.2 Å². The summed E-state index contributed by atoms with van der Waals surface area (Å²) < 4.78 is 15.5. The second-order valence-corrected chi connectivity index (χ2v) is 3.66. The zero-order valence-electron chi connectivity index (χ0n) is 8.74. The standard InChI is InChI=1S/C9H19NO3/c1-6(2)8(7(3)11-4)10-9-12-5-13-9/h6-10H,5H2,1-4H3/t7-,8+/m0/s1. The van der Waals surface area contributed by atoms with Gasteiger partial charge in [0.05, 0.1) is 6.10 Å². The minimum Gasteiger partial charge on any atom is -0.380 e. The van der Waals surface area contributed by atoms with E-state index in [4.69, 9.17) is 14.2 Å². The SMILES string of the molecule is CO[C@@H](C)[C@H](NC1OCO1)C(C)C. The van der Waals surface area contributed by atoms with Crippen LogP contribution < -0.4 is 5.32 Å². The summed E-state index contributed by atoms with van der Waals surface area (Å²) in [7, 11) is 1.71. The first-order valence-electron chi connectivity index (χ1n) is 4.67. The predicted octanol–water partition coefficient (Wildman–Crippen LogP) is 0.923. The zero-order chi connectivity index (χ0) is 9.84. The van der Waals surface area contributed by atoms with E-state index >= 15 is 0 Å². The van der Waals surface area contributed by atoms with Crippen LogP contribution in [0.25, 0.3) is 0 Å². The van der Waals surface area contributed by atoms with Crippen molar-refractivity contribution in [2.45, 2.75) is 39.3 Å². The molecule has 13 heavy (non-hydrogen) atoms. The summed E-state index contributed by atoms with van der Waals surface area (Å²) in [6, 6.07) is 0.260. The van der Waals surface area contributed by atoms with Gasteiger partial charge in [-0.25, -0.2) is 0 Å². The maximum atomic E-state index is 5.27. The maximum Gasteiger partial charge on any atom is 0.220 e. The average molecular weight is 189 g/mol.